The molecule has 1 aliphatic heterocycles. The van der Waals surface area contributed by atoms with E-state index in [4.69, 9.17) is 0 Å². The zero-order valence-corrected chi connectivity index (χ0v) is 16.1. The number of hydrogen-bond acceptors (Lipinski definition) is 3. The molecular formula is C22H26N4O2. The van der Waals surface area contributed by atoms with Crippen LogP contribution in [0.15, 0.2) is 36.4 Å². The van der Waals surface area contributed by atoms with Gasteiger partial charge in [-0.1, -0.05) is 30.3 Å². The highest BCUT2D eigenvalue weighted by Crippen LogP contribution is 2.49. The molecule has 1 aromatic heterocycles. The molecule has 3 aliphatic rings. The average Bonchev–Trinajstić information content (AvgIpc) is 3.64. The summed E-state index contributed by atoms with van der Waals surface area (Å²) in [6.07, 6.45) is 5.23. The molecule has 6 heteroatoms. The van der Waals surface area contributed by atoms with Crippen LogP contribution in [0.25, 0.3) is 0 Å². The molecule has 1 aromatic carbocycles. The van der Waals surface area contributed by atoms with Crippen LogP contribution in [-0.2, 0) is 34.5 Å². The zero-order valence-electron chi connectivity index (χ0n) is 16.1. The smallest absolute Gasteiger partial charge is 0.233 e. The standard InChI is InChI=1S/C22H26N4O2/c27-20(23-17-6-7-17)9-8-18-14-19-15-25(12-13-26(19)24-18)21(28)22(10-11-22)16-4-2-1-3-5-16/h1-5,14,17H,6-13,15H2,(H,23,27). The van der Waals surface area contributed by atoms with E-state index in [9.17, 15) is 9.59 Å². The van der Waals surface area contributed by atoms with Crippen molar-refractivity contribution < 1.29 is 9.59 Å². The summed E-state index contributed by atoms with van der Waals surface area (Å²) in [6.45, 7) is 2.03. The minimum absolute atomic E-state index is 0.115. The van der Waals surface area contributed by atoms with Crippen LogP contribution in [-0.4, -0.2) is 39.1 Å². The Bertz CT molecular complexity index is 897. The first-order valence-corrected chi connectivity index (χ1v) is 10.3. The molecule has 0 bridgehead atoms. The molecule has 0 atom stereocenters. The van der Waals surface area contributed by atoms with Gasteiger partial charge in [-0.05, 0) is 37.3 Å². The van der Waals surface area contributed by atoms with Gasteiger partial charge in [0.15, 0.2) is 0 Å². The maximum atomic E-state index is 13.3. The van der Waals surface area contributed by atoms with Gasteiger partial charge in [-0.15, -0.1) is 0 Å². The number of amides is 2. The maximum Gasteiger partial charge on any atom is 0.233 e. The maximum absolute atomic E-state index is 13.3. The topological polar surface area (TPSA) is 67.2 Å². The second kappa shape index (κ2) is 6.76. The van der Waals surface area contributed by atoms with E-state index in [1.54, 1.807) is 0 Å². The summed E-state index contributed by atoms with van der Waals surface area (Å²) in [4.78, 5) is 27.2. The molecule has 0 spiro atoms. The Kier molecular flexibility index (Phi) is 4.22. The van der Waals surface area contributed by atoms with Crippen molar-refractivity contribution >= 4 is 11.8 Å². The first-order chi connectivity index (χ1) is 13.6. The Morgan fingerprint density at radius 1 is 1.14 bits per heavy atom. The highest BCUT2D eigenvalue weighted by atomic mass is 16.2. The van der Waals surface area contributed by atoms with Gasteiger partial charge in [0.05, 0.1) is 29.9 Å². The van der Waals surface area contributed by atoms with E-state index in [1.165, 1.54) is 0 Å². The van der Waals surface area contributed by atoms with Gasteiger partial charge in [0.2, 0.25) is 11.8 Å². The van der Waals surface area contributed by atoms with Gasteiger partial charge in [0.1, 0.15) is 0 Å². The van der Waals surface area contributed by atoms with E-state index in [-0.39, 0.29) is 17.2 Å². The monoisotopic (exact) mass is 378 g/mol. The van der Waals surface area contributed by atoms with Crippen LogP contribution in [0.3, 0.4) is 0 Å². The summed E-state index contributed by atoms with van der Waals surface area (Å²) in [5, 5.41) is 7.67. The van der Waals surface area contributed by atoms with Crippen molar-refractivity contribution in [1.82, 2.24) is 20.0 Å². The second-order valence-corrected chi connectivity index (χ2v) is 8.37. The Hall–Kier alpha value is -2.63. The molecule has 2 heterocycles. The van der Waals surface area contributed by atoms with E-state index in [2.05, 4.69) is 28.6 Å². The first kappa shape index (κ1) is 17.5. The van der Waals surface area contributed by atoms with Gasteiger partial charge in [0.25, 0.3) is 0 Å². The highest BCUT2D eigenvalue weighted by Gasteiger charge is 2.53. The van der Waals surface area contributed by atoms with Gasteiger partial charge in [0, 0.05) is 25.4 Å². The molecule has 0 unspecified atom stereocenters. The summed E-state index contributed by atoms with van der Waals surface area (Å²) in [5.41, 5.74) is 2.84. The molecule has 146 valence electrons. The van der Waals surface area contributed by atoms with E-state index in [0.717, 1.165) is 49.2 Å². The molecule has 5 rings (SSSR count). The van der Waals surface area contributed by atoms with Crippen molar-refractivity contribution in [1.29, 1.82) is 0 Å². The largest absolute Gasteiger partial charge is 0.353 e. The average molecular weight is 378 g/mol. The minimum atomic E-state index is -0.312. The SMILES string of the molecule is O=C(CCc1cc2n(n1)CCN(C(=O)C1(c3ccccc3)CC1)C2)NC1CC1. The molecule has 2 aliphatic carbocycles. The van der Waals surface area contributed by atoms with Crippen LogP contribution in [0.4, 0.5) is 0 Å². The van der Waals surface area contributed by atoms with Crippen LogP contribution in [0.2, 0.25) is 0 Å². The van der Waals surface area contributed by atoms with Crippen LogP contribution in [0.5, 0.6) is 0 Å². The molecule has 6 nitrogen and oxygen atoms in total. The second-order valence-electron chi connectivity index (χ2n) is 8.37. The quantitative estimate of drug-likeness (QED) is 0.838. The lowest BCUT2D eigenvalue weighted by Gasteiger charge is -2.31. The number of hydrogen-bond donors (Lipinski definition) is 1. The predicted molar refractivity (Wildman–Crippen MR) is 104 cm³/mol. The molecule has 28 heavy (non-hydrogen) atoms. The predicted octanol–water partition coefficient (Wildman–Crippen LogP) is 2.17. The Labute approximate surface area is 164 Å². The molecule has 2 saturated carbocycles. The molecule has 0 radical (unpaired) electrons. The van der Waals surface area contributed by atoms with E-state index in [1.807, 2.05) is 27.8 Å². The molecule has 2 fully saturated rings. The van der Waals surface area contributed by atoms with Crippen LogP contribution in [0, 0.1) is 0 Å². The van der Waals surface area contributed by atoms with Crippen molar-refractivity contribution in [2.75, 3.05) is 6.54 Å². The number of rotatable bonds is 6. The first-order valence-electron chi connectivity index (χ1n) is 10.3. The highest BCUT2D eigenvalue weighted by molar-refractivity contribution is 5.91. The lowest BCUT2D eigenvalue weighted by molar-refractivity contribution is -0.135. The number of benzene rings is 1. The van der Waals surface area contributed by atoms with E-state index >= 15 is 0 Å². The lowest BCUT2D eigenvalue weighted by atomic mass is 9.94. The summed E-state index contributed by atoms with van der Waals surface area (Å²) >= 11 is 0. The van der Waals surface area contributed by atoms with Crippen molar-refractivity contribution in [2.24, 2.45) is 0 Å². The Balaban J connectivity index is 1.23. The molecule has 2 amide bonds. The number of carbonyl (C=O) groups excluding carboxylic acids is 2. The van der Waals surface area contributed by atoms with Crippen LogP contribution >= 0.6 is 0 Å². The normalized spacial score (nSPS) is 19.8. The van der Waals surface area contributed by atoms with Crippen LogP contribution in [0.1, 0.15) is 49.1 Å². The third-order valence-corrected chi connectivity index (χ3v) is 6.17. The van der Waals surface area contributed by atoms with Crippen molar-refractivity contribution in [3.05, 3.63) is 53.3 Å². The number of aromatic nitrogens is 2. The van der Waals surface area contributed by atoms with Gasteiger partial charge >= 0.3 is 0 Å². The van der Waals surface area contributed by atoms with Gasteiger partial charge in [-0.2, -0.15) is 5.10 Å². The fraction of sp³-hybridized carbons (Fsp3) is 0.500. The zero-order chi connectivity index (χ0) is 19.1. The number of aryl methyl sites for hydroxylation is 1. The number of carbonyl (C=O) groups is 2. The van der Waals surface area contributed by atoms with Crippen molar-refractivity contribution in [3.63, 3.8) is 0 Å². The third-order valence-electron chi connectivity index (χ3n) is 6.17. The summed E-state index contributed by atoms with van der Waals surface area (Å²) in [5.74, 6) is 0.361. The third kappa shape index (κ3) is 3.32. The summed E-state index contributed by atoms with van der Waals surface area (Å²) < 4.78 is 2.00. The van der Waals surface area contributed by atoms with Gasteiger partial charge < -0.3 is 10.2 Å². The Morgan fingerprint density at radius 3 is 2.64 bits per heavy atom. The van der Waals surface area contributed by atoms with Gasteiger partial charge in [-0.3, -0.25) is 14.3 Å². The number of fused-ring (bicyclic) bond motifs is 1. The van der Waals surface area contributed by atoms with E-state index < -0.39 is 0 Å². The van der Waals surface area contributed by atoms with E-state index in [0.29, 0.717) is 32.0 Å². The van der Waals surface area contributed by atoms with Gasteiger partial charge in [-0.25, -0.2) is 0 Å². The molecule has 2 aromatic rings. The van der Waals surface area contributed by atoms with Crippen molar-refractivity contribution in [3.8, 4) is 0 Å². The minimum Gasteiger partial charge on any atom is -0.353 e. The lowest BCUT2D eigenvalue weighted by Crippen LogP contribution is -2.43. The summed E-state index contributed by atoms with van der Waals surface area (Å²) in [6, 6.07) is 12.6. The van der Waals surface area contributed by atoms with Crippen molar-refractivity contribution in [2.45, 2.75) is 63.1 Å². The molecule has 0 saturated heterocycles. The van der Waals surface area contributed by atoms with Crippen LogP contribution < -0.4 is 5.32 Å². The molecular weight excluding hydrogens is 352 g/mol. The fourth-order valence-electron chi connectivity index (χ4n) is 4.20. The number of nitrogens with zero attached hydrogens (tertiary/aromatic N) is 3. The fourth-order valence-corrected chi connectivity index (χ4v) is 4.20. The summed E-state index contributed by atoms with van der Waals surface area (Å²) in [7, 11) is 0. The Morgan fingerprint density at radius 2 is 1.93 bits per heavy atom. The molecule has 1 N–H and O–H groups in total. The number of nitrogens with one attached hydrogen (secondary N) is 1.